The molecule has 0 fully saturated rings. The summed E-state index contributed by atoms with van der Waals surface area (Å²) in [5.74, 6) is -0.434. The van der Waals surface area contributed by atoms with E-state index in [1.165, 1.54) is 0 Å². The summed E-state index contributed by atoms with van der Waals surface area (Å²) in [5, 5.41) is 2.53. The van der Waals surface area contributed by atoms with E-state index in [0.29, 0.717) is 5.82 Å². The lowest BCUT2D eigenvalue weighted by molar-refractivity contribution is -0.119. The van der Waals surface area contributed by atoms with E-state index in [0.717, 1.165) is 6.26 Å². The first-order valence-corrected chi connectivity index (χ1v) is 6.41. The SMILES string of the molecule is CC(NC(=O)CS(C)(=O)=O)c1ncc[nH]1. The first-order valence-electron chi connectivity index (χ1n) is 4.35. The largest absolute Gasteiger partial charge is 0.347 e. The summed E-state index contributed by atoms with van der Waals surface area (Å²) in [6.45, 7) is 1.72. The van der Waals surface area contributed by atoms with Crippen LogP contribution in [0.2, 0.25) is 0 Å². The minimum absolute atomic E-state index is 0.325. The zero-order valence-electron chi connectivity index (χ0n) is 8.52. The zero-order valence-corrected chi connectivity index (χ0v) is 9.34. The Morgan fingerprint density at radius 3 is 2.80 bits per heavy atom. The van der Waals surface area contributed by atoms with Gasteiger partial charge in [0, 0.05) is 18.6 Å². The second-order valence-electron chi connectivity index (χ2n) is 3.33. The van der Waals surface area contributed by atoms with Crippen molar-refractivity contribution in [1.29, 1.82) is 0 Å². The molecule has 0 aliphatic heterocycles. The molecule has 0 aromatic carbocycles. The van der Waals surface area contributed by atoms with Crippen molar-refractivity contribution in [2.45, 2.75) is 13.0 Å². The van der Waals surface area contributed by atoms with Gasteiger partial charge < -0.3 is 10.3 Å². The summed E-state index contributed by atoms with van der Waals surface area (Å²) in [5.41, 5.74) is 0. The van der Waals surface area contributed by atoms with Gasteiger partial charge in [-0.25, -0.2) is 13.4 Å². The molecule has 84 valence electrons. The van der Waals surface area contributed by atoms with Crippen LogP contribution in [-0.2, 0) is 14.6 Å². The third-order valence-corrected chi connectivity index (χ3v) is 2.49. The standard InChI is InChI=1S/C8H13N3O3S/c1-6(8-9-3-4-10-8)11-7(12)5-15(2,13)14/h3-4,6H,5H2,1-2H3,(H,9,10)(H,11,12). The highest BCUT2D eigenvalue weighted by molar-refractivity contribution is 7.91. The molecule has 1 atom stereocenters. The molecule has 6 nitrogen and oxygen atoms in total. The van der Waals surface area contributed by atoms with Gasteiger partial charge >= 0.3 is 0 Å². The Labute approximate surface area is 88.0 Å². The highest BCUT2D eigenvalue weighted by atomic mass is 32.2. The number of nitrogens with zero attached hydrogens (tertiary/aromatic N) is 1. The molecule has 15 heavy (non-hydrogen) atoms. The number of sulfone groups is 1. The molecule has 0 saturated carbocycles. The van der Waals surface area contributed by atoms with E-state index < -0.39 is 21.5 Å². The van der Waals surface area contributed by atoms with Gasteiger partial charge in [-0.3, -0.25) is 4.79 Å². The Kier molecular flexibility index (Phi) is 3.46. The first-order chi connectivity index (χ1) is 6.88. The molecule has 1 aromatic heterocycles. The quantitative estimate of drug-likeness (QED) is 0.739. The number of carbonyl (C=O) groups is 1. The van der Waals surface area contributed by atoms with Crippen LogP contribution in [0.3, 0.4) is 0 Å². The highest BCUT2D eigenvalue weighted by Gasteiger charge is 2.15. The molecule has 0 bridgehead atoms. The highest BCUT2D eigenvalue weighted by Crippen LogP contribution is 2.04. The number of aromatic amines is 1. The Morgan fingerprint density at radius 2 is 2.33 bits per heavy atom. The van der Waals surface area contributed by atoms with Gasteiger partial charge in [-0.2, -0.15) is 0 Å². The molecule has 1 rings (SSSR count). The predicted molar refractivity (Wildman–Crippen MR) is 54.9 cm³/mol. The third kappa shape index (κ3) is 4.11. The fraction of sp³-hybridized carbons (Fsp3) is 0.500. The van der Waals surface area contributed by atoms with Gasteiger partial charge in [0.15, 0.2) is 9.84 Å². The molecule has 2 N–H and O–H groups in total. The van der Waals surface area contributed by atoms with E-state index in [9.17, 15) is 13.2 Å². The van der Waals surface area contributed by atoms with Gasteiger partial charge in [0.1, 0.15) is 11.6 Å². The molecule has 1 amide bonds. The lowest BCUT2D eigenvalue weighted by Gasteiger charge is -2.10. The molecule has 0 aliphatic carbocycles. The Morgan fingerprint density at radius 1 is 1.67 bits per heavy atom. The van der Waals surface area contributed by atoms with Gasteiger partial charge in [0.25, 0.3) is 0 Å². The minimum atomic E-state index is -3.28. The van der Waals surface area contributed by atoms with E-state index >= 15 is 0 Å². The second-order valence-corrected chi connectivity index (χ2v) is 5.47. The fourth-order valence-electron chi connectivity index (χ4n) is 1.10. The van der Waals surface area contributed by atoms with Crippen LogP contribution in [0, 0.1) is 0 Å². The van der Waals surface area contributed by atoms with Gasteiger partial charge in [-0.1, -0.05) is 0 Å². The third-order valence-electron chi connectivity index (χ3n) is 1.70. The maximum Gasteiger partial charge on any atom is 0.235 e. The maximum absolute atomic E-state index is 11.2. The Bertz CT molecular complexity index is 424. The van der Waals surface area contributed by atoms with Crippen LogP contribution in [0.5, 0.6) is 0 Å². The van der Waals surface area contributed by atoms with E-state index in [-0.39, 0.29) is 6.04 Å². The van der Waals surface area contributed by atoms with Crippen molar-refractivity contribution in [2.24, 2.45) is 0 Å². The smallest absolute Gasteiger partial charge is 0.235 e. The van der Waals surface area contributed by atoms with Crippen molar-refractivity contribution < 1.29 is 13.2 Å². The summed E-state index contributed by atoms with van der Waals surface area (Å²) in [7, 11) is -3.28. The number of aromatic nitrogens is 2. The van der Waals surface area contributed by atoms with Crippen molar-refractivity contribution in [3.8, 4) is 0 Å². The summed E-state index contributed by atoms with van der Waals surface area (Å²) in [6.07, 6.45) is 4.22. The van der Waals surface area contributed by atoms with Gasteiger partial charge in [-0.15, -0.1) is 0 Å². The minimum Gasteiger partial charge on any atom is -0.347 e. The second kappa shape index (κ2) is 4.43. The number of hydrogen-bond donors (Lipinski definition) is 2. The van der Waals surface area contributed by atoms with Crippen molar-refractivity contribution in [1.82, 2.24) is 15.3 Å². The molecular weight excluding hydrogens is 218 g/mol. The van der Waals surface area contributed by atoms with E-state index in [1.807, 2.05) is 0 Å². The molecule has 7 heteroatoms. The number of rotatable bonds is 4. The Hall–Kier alpha value is -1.37. The van der Waals surface area contributed by atoms with Gasteiger partial charge in [0.05, 0.1) is 6.04 Å². The van der Waals surface area contributed by atoms with Crippen LogP contribution in [0.15, 0.2) is 12.4 Å². The van der Waals surface area contributed by atoms with Crippen molar-refractivity contribution in [3.63, 3.8) is 0 Å². The summed E-state index contributed by atoms with van der Waals surface area (Å²) in [6, 6.07) is -0.325. The topological polar surface area (TPSA) is 91.9 Å². The molecule has 1 aromatic rings. The zero-order chi connectivity index (χ0) is 11.5. The molecule has 1 heterocycles. The lowest BCUT2D eigenvalue weighted by Crippen LogP contribution is -2.32. The fourth-order valence-corrected chi connectivity index (χ4v) is 1.66. The normalized spacial score (nSPS) is 13.5. The summed E-state index contributed by atoms with van der Waals surface area (Å²) < 4.78 is 21.7. The van der Waals surface area contributed by atoms with Crippen molar-refractivity contribution in [2.75, 3.05) is 12.0 Å². The van der Waals surface area contributed by atoms with Crippen LogP contribution >= 0.6 is 0 Å². The van der Waals surface area contributed by atoms with E-state index in [1.54, 1.807) is 19.3 Å². The van der Waals surface area contributed by atoms with E-state index in [4.69, 9.17) is 0 Å². The summed E-state index contributed by atoms with van der Waals surface area (Å²) >= 11 is 0. The average Bonchev–Trinajstić information content (AvgIpc) is 2.50. The van der Waals surface area contributed by atoms with Crippen LogP contribution in [0.4, 0.5) is 0 Å². The van der Waals surface area contributed by atoms with Crippen LogP contribution in [0.1, 0.15) is 18.8 Å². The number of imidazole rings is 1. The van der Waals surface area contributed by atoms with Crippen molar-refractivity contribution in [3.05, 3.63) is 18.2 Å². The molecular formula is C8H13N3O3S. The molecule has 0 radical (unpaired) electrons. The first kappa shape index (κ1) is 11.7. The predicted octanol–water partition coefficient (Wildman–Crippen LogP) is -0.369. The molecule has 0 saturated heterocycles. The lowest BCUT2D eigenvalue weighted by atomic mass is 10.3. The average molecular weight is 231 g/mol. The van der Waals surface area contributed by atoms with Crippen LogP contribution < -0.4 is 5.32 Å². The number of amides is 1. The molecule has 0 aliphatic rings. The molecule has 1 unspecified atom stereocenters. The number of nitrogens with one attached hydrogen (secondary N) is 2. The van der Waals surface area contributed by atoms with E-state index in [2.05, 4.69) is 15.3 Å². The van der Waals surface area contributed by atoms with Crippen molar-refractivity contribution >= 4 is 15.7 Å². The van der Waals surface area contributed by atoms with Gasteiger partial charge in [-0.05, 0) is 6.92 Å². The van der Waals surface area contributed by atoms with Crippen LogP contribution in [0.25, 0.3) is 0 Å². The summed E-state index contributed by atoms with van der Waals surface area (Å²) in [4.78, 5) is 18.0. The monoisotopic (exact) mass is 231 g/mol. The van der Waals surface area contributed by atoms with Crippen LogP contribution in [-0.4, -0.2) is 36.3 Å². The number of hydrogen-bond acceptors (Lipinski definition) is 4. The number of H-pyrrole nitrogens is 1. The maximum atomic E-state index is 11.2. The number of carbonyl (C=O) groups excluding carboxylic acids is 1. The Balaban J connectivity index is 2.53. The molecule has 0 spiro atoms. The van der Waals surface area contributed by atoms with Gasteiger partial charge in [0.2, 0.25) is 5.91 Å².